The number of likely N-dealkylation sites (N-methyl/N-ethyl adjacent to an activating group) is 1. The molecule has 0 aromatic carbocycles. The molecular formula is C11H14N2O4S. The first-order valence-electron chi connectivity index (χ1n) is 5.10. The van der Waals surface area contributed by atoms with Gasteiger partial charge in [0.05, 0.1) is 6.42 Å². The second-order valence-electron chi connectivity index (χ2n) is 3.84. The van der Waals surface area contributed by atoms with Crippen molar-refractivity contribution in [3.63, 3.8) is 0 Å². The molecule has 6 nitrogen and oxygen atoms in total. The number of carboxylic acid groups (broad SMARTS) is 2. The van der Waals surface area contributed by atoms with E-state index in [1.165, 1.54) is 17.3 Å². The number of rotatable bonds is 6. The fourth-order valence-electron chi connectivity index (χ4n) is 1.40. The van der Waals surface area contributed by atoms with Crippen LogP contribution in [-0.4, -0.2) is 51.0 Å². The van der Waals surface area contributed by atoms with E-state index in [4.69, 9.17) is 5.11 Å². The molecule has 1 rings (SSSR count). The Morgan fingerprint density at radius 1 is 1.33 bits per heavy atom. The van der Waals surface area contributed by atoms with Gasteiger partial charge in [0.1, 0.15) is 0 Å². The summed E-state index contributed by atoms with van der Waals surface area (Å²) < 4.78 is 0. The fraction of sp³-hybridized carbons (Fsp3) is 0.364. The summed E-state index contributed by atoms with van der Waals surface area (Å²) in [7, 11) is 3.09. The molecule has 98 valence electrons. The first-order valence-corrected chi connectivity index (χ1v) is 5.92. The van der Waals surface area contributed by atoms with Crippen LogP contribution in [0.4, 0.5) is 0 Å². The molecule has 0 fully saturated rings. The highest BCUT2D eigenvalue weighted by atomic mass is 32.2. The molecular weight excluding hydrogens is 256 g/mol. The lowest BCUT2D eigenvalue weighted by molar-refractivity contribution is -0.150. The Balaban J connectivity index is 3.10. The van der Waals surface area contributed by atoms with Crippen molar-refractivity contribution in [1.29, 1.82) is 0 Å². The second-order valence-corrected chi connectivity index (χ2v) is 5.19. The van der Waals surface area contributed by atoms with E-state index >= 15 is 0 Å². The third-order valence-electron chi connectivity index (χ3n) is 2.38. The zero-order valence-corrected chi connectivity index (χ0v) is 10.8. The molecule has 7 heteroatoms. The zero-order valence-electron chi connectivity index (χ0n) is 10.0. The number of carbonyl (C=O) groups is 2. The molecule has 1 atom stereocenters. The maximum Gasteiger partial charge on any atom is 0.335 e. The third-order valence-corrected chi connectivity index (χ3v) is 3.91. The van der Waals surface area contributed by atoms with Crippen LogP contribution in [0.15, 0.2) is 29.4 Å². The summed E-state index contributed by atoms with van der Waals surface area (Å²) in [4.78, 5) is 26.7. The van der Waals surface area contributed by atoms with E-state index in [2.05, 4.69) is 4.98 Å². The van der Waals surface area contributed by atoms with Gasteiger partial charge in [0.25, 0.3) is 0 Å². The van der Waals surface area contributed by atoms with Crippen molar-refractivity contribution in [3.8, 4) is 0 Å². The molecule has 0 amide bonds. The predicted molar refractivity (Wildman–Crippen MR) is 66.4 cm³/mol. The number of hydrogen-bond donors (Lipinski definition) is 2. The lowest BCUT2D eigenvalue weighted by Crippen LogP contribution is -2.49. The van der Waals surface area contributed by atoms with Gasteiger partial charge in [0.2, 0.25) is 0 Å². The smallest absolute Gasteiger partial charge is 0.335 e. The molecule has 0 saturated heterocycles. The molecule has 1 unspecified atom stereocenters. The van der Waals surface area contributed by atoms with Gasteiger partial charge in [0.15, 0.2) is 4.87 Å². The Labute approximate surface area is 109 Å². The van der Waals surface area contributed by atoms with E-state index in [-0.39, 0.29) is 0 Å². The number of aromatic nitrogens is 1. The molecule has 0 aliphatic carbocycles. The van der Waals surface area contributed by atoms with Crippen LogP contribution < -0.4 is 0 Å². The van der Waals surface area contributed by atoms with Gasteiger partial charge < -0.3 is 10.2 Å². The number of carboxylic acids is 2. The van der Waals surface area contributed by atoms with Gasteiger partial charge in [-0.1, -0.05) is 11.8 Å². The molecule has 0 aliphatic rings. The summed E-state index contributed by atoms with van der Waals surface area (Å²) in [6.45, 7) is 0. The first-order chi connectivity index (χ1) is 8.38. The molecule has 0 saturated carbocycles. The summed E-state index contributed by atoms with van der Waals surface area (Å²) in [6, 6.07) is 3.29. The summed E-state index contributed by atoms with van der Waals surface area (Å²) in [6.07, 6.45) is 2.57. The van der Waals surface area contributed by atoms with E-state index < -0.39 is 23.2 Å². The Kier molecular flexibility index (Phi) is 4.69. The standard InChI is InChI=1S/C11H14N2O4S/c1-13(2)11(10(16)17,7-9(14)15)18-8-3-5-12-6-4-8/h3-6H,7H2,1-2H3,(H,14,15)(H,16,17). The Bertz CT molecular complexity index is 438. The molecule has 1 aromatic heterocycles. The van der Waals surface area contributed by atoms with Gasteiger partial charge in [-0.05, 0) is 26.2 Å². The molecule has 0 spiro atoms. The molecule has 0 radical (unpaired) electrons. The highest BCUT2D eigenvalue weighted by molar-refractivity contribution is 8.01. The Hall–Kier alpha value is -1.60. The van der Waals surface area contributed by atoms with Crippen molar-refractivity contribution in [3.05, 3.63) is 24.5 Å². The summed E-state index contributed by atoms with van der Waals surface area (Å²) in [5.74, 6) is -2.34. The minimum absolute atomic E-state index is 0.498. The number of aliphatic carboxylic acids is 2. The van der Waals surface area contributed by atoms with Crippen LogP contribution in [0.25, 0.3) is 0 Å². The Morgan fingerprint density at radius 2 is 1.89 bits per heavy atom. The summed E-state index contributed by atoms with van der Waals surface area (Å²) in [5.41, 5.74) is 0. The number of hydrogen-bond acceptors (Lipinski definition) is 5. The molecule has 1 aromatic rings. The van der Waals surface area contributed by atoms with Crippen LogP contribution in [-0.2, 0) is 9.59 Å². The Morgan fingerprint density at radius 3 is 2.28 bits per heavy atom. The van der Waals surface area contributed by atoms with Crippen LogP contribution in [0.3, 0.4) is 0 Å². The van der Waals surface area contributed by atoms with E-state index in [1.807, 2.05) is 0 Å². The number of thioether (sulfide) groups is 1. The molecule has 0 aliphatic heterocycles. The van der Waals surface area contributed by atoms with Crippen LogP contribution >= 0.6 is 11.8 Å². The van der Waals surface area contributed by atoms with Gasteiger partial charge >= 0.3 is 11.9 Å². The van der Waals surface area contributed by atoms with E-state index in [0.717, 1.165) is 11.8 Å². The van der Waals surface area contributed by atoms with Gasteiger partial charge in [-0.25, -0.2) is 4.79 Å². The maximum absolute atomic E-state index is 11.5. The van der Waals surface area contributed by atoms with Gasteiger partial charge in [-0.3, -0.25) is 14.7 Å². The highest BCUT2D eigenvalue weighted by Gasteiger charge is 2.44. The largest absolute Gasteiger partial charge is 0.481 e. The highest BCUT2D eigenvalue weighted by Crippen LogP contribution is 2.37. The molecule has 1 heterocycles. The lowest BCUT2D eigenvalue weighted by atomic mass is 10.2. The van der Waals surface area contributed by atoms with Crippen LogP contribution in [0, 0.1) is 0 Å². The lowest BCUT2D eigenvalue weighted by Gasteiger charge is -2.33. The summed E-state index contributed by atoms with van der Waals surface area (Å²) >= 11 is 0.986. The van der Waals surface area contributed by atoms with Crippen molar-refractivity contribution in [2.75, 3.05) is 14.1 Å². The van der Waals surface area contributed by atoms with Crippen molar-refractivity contribution in [2.24, 2.45) is 0 Å². The minimum atomic E-state index is -1.53. The van der Waals surface area contributed by atoms with E-state index in [9.17, 15) is 14.7 Å². The van der Waals surface area contributed by atoms with E-state index in [1.54, 1.807) is 26.2 Å². The monoisotopic (exact) mass is 270 g/mol. The first kappa shape index (κ1) is 14.5. The van der Waals surface area contributed by atoms with Crippen molar-refractivity contribution in [2.45, 2.75) is 16.2 Å². The number of pyridine rings is 1. The molecule has 2 N–H and O–H groups in total. The van der Waals surface area contributed by atoms with Crippen LogP contribution in [0.1, 0.15) is 6.42 Å². The zero-order chi connectivity index (χ0) is 13.8. The van der Waals surface area contributed by atoms with Crippen molar-refractivity contribution in [1.82, 2.24) is 9.88 Å². The van der Waals surface area contributed by atoms with E-state index in [0.29, 0.717) is 4.90 Å². The normalized spacial score (nSPS) is 14.2. The SMILES string of the molecule is CN(C)C(CC(=O)O)(Sc1ccncc1)C(=O)O. The maximum atomic E-state index is 11.5. The summed E-state index contributed by atoms with van der Waals surface area (Å²) in [5, 5.41) is 18.3. The fourth-order valence-corrected chi connectivity index (χ4v) is 2.52. The minimum Gasteiger partial charge on any atom is -0.481 e. The predicted octanol–water partition coefficient (Wildman–Crippen LogP) is 0.991. The van der Waals surface area contributed by atoms with Crippen LogP contribution in [0.2, 0.25) is 0 Å². The average molecular weight is 270 g/mol. The van der Waals surface area contributed by atoms with Gasteiger partial charge in [-0.2, -0.15) is 0 Å². The quantitative estimate of drug-likeness (QED) is 0.588. The van der Waals surface area contributed by atoms with Gasteiger partial charge in [0, 0.05) is 17.3 Å². The van der Waals surface area contributed by atoms with Crippen molar-refractivity contribution >= 4 is 23.7 Å². The van der Waals surface area contributed by atoms with Crippen molar-refractivity contribution < 1.29 is 19.8 Å². The topological polar surface area (TPSA) is 90.7 Å². The third kappa shape index (κ3) is 3.21. The van der Waals surface area contributed by atoms with Crippen LogP contribution in [0.5, 0.6) is 0 Å². The second kappa shape index (κ2) is 5.83. The number of nitrogens with zero attached hydrogens (tertiary/aromatic N) is 2. The average Bonchev–Trinajstić information content (AvgIpc) is 2.28. The molecule has 18 heavy (non-hydrogen) atoms. The molecule has 0 bridgehead atoms. The van der Waals surface area contributed by atoms with Gasteiger partial charge in [-0.15, -0.1) is 0 Å².